The predicted octanol–water partition coefficient (Wildman–Crippen LogP) is 2.40. The molecular weight excluding hydrogens is 268 g/mol. The first-order valence-electron chi connectivity index (χ1n) is 5.10. The lowest BCUT2D eigenvalue weighted by atomic mass is 10.2. The number of guanidine groups is 1. The van der Waals surface area contributed by atoms with Crippen LogP contribution >= 0.6 is 15.9 Å². The number of nitrogens with zero attached hydrogens (tertiary/aromatic N) is 1. The van der Waals surface area contributed by atoms with E-state index in [9.17, 15) is 0 Å². The lowest BCUT2D eigenvalue weighted by Crippen LogP contribution is -2.36. The molecule has 1 rings (SSSR count). The van der Waals surface area contributed by atoms with Crippen molar-refractivity contribution in [3.8, 4) is 0 Å². The van der Waals surface area contributed by atoms with E-state index in [1.807, 2.05) is 39.0 Å². The Kier molecular flexibility index (Phi) is 4.76. The van der Waals surface area contributed by atoms with Crippen LogP contribution in [-0.2, 0) is 0 Å². The van der Waals surface area contributed by atoms with Crippen LogP contribution in [0.3, 0.4) is 0 Å². The Morgan fingerprint density at radius 1 is 1.44 bits per heavy atom. The Balaban J connectivity index is 2.82. The Morgan fingerprint density at radius 2 is 2.12 bits per heavy atom. The molecule has 0 spiro atoms. The summed E-state index contributed by atoms with van der Waals surface area (Å²) in [7, 11) is 0. The van der Waals surface area contributed by atoms with Gasteiger partial charge < -0.3 is 5.32 Å². The molecular formula is C11H17BrN4. The van der Waals surface area contributed by atoms with Crippen molar-refractivity contribution in [2.45, 2.75) is 26.8 Å². The predicted molar refractivity (Wildman–Crippen MR) is 72.4 cm³/mol. The lowest BCUT2D eigenvalue weighted by Gasteiger charge is -2.11. The number of hydrogen-bond acceptors (Lipinski definition) is 2. The van der Waals surface area contributed by atoms with Crippen molar-refractivity contribution in [2.24, 2.45) is 10.8 Å². The van der Waals surface area contributed by atoms with Crippen LogP contribution in [-0.4, -0.2) is 12.0 Å². The van der Waals surface area contributed by atoms with Crippen LogP contribution in [0.5, 0.6) is 0 Å². The summed E-state index contributed by atoms with van der Waals surface area (Å²) in [6.45, 7) is 6.02. The summed E-state index contributed by atoms with van der Waals surface area (Å²) in [6, 6.07) is 6.18. The number of hydrogen-bond donors (Lipinski definition) is 3. The molecule has 0 aliphatic rings. The molecule has 0 atom stereocenters. The summed E-state index contributed by atoms with van der Waals surface area (Å²) in [6.07, 6.45) is 0. The number of aryl methyl sites for hydroxylation is 1. The van der Waals surface area contributed by atoms with Gasteiger partial charge >= 0.3 is 0 Å². The van der Waals surface area contributed by atoms with Gasteiger partial charge in [0, 0.05) is 16.2 Å². The zero-order valence-corrected chi connectivity index (χ0v) is 11.3. The van der Waals surface area contributed by atoms with Gasteiger partial charge in [-0.3, -0.25) is 5.43 Å². The number of anilines is 1. The van der Waals surface area contributed by atoms with Crippen LogP contribution in [0.2, 0.25) is 0 Å². The van der Waals surface area contributed by atoms with Crippen LogP contribution in [0.1, 0.15) is 19.4 Å². The van der Waals surface area contributed by atoms with E-state index in [0.717, 1.165) is 10.2 Å². The molecule has 0 heterocycles. The SMILES string of the molecule is Cc1ccc(NC(=NC(C)C)NN)cc1Br. The minimum Gasteiger partial charge on any atom is -0.325 e. The van der Waals surface area contributed by atoms with Gasteiger partial charge in [0.05, 0.1) is 0 Å². The quantitative estimate of drug-likeness (QED) is 0.338. The highest BCUT2D eigenvalue weighted by molar-refractivity contribution is 9.10. The maximum absolute atomic E-state index is 5.38. The Morgan fingerprint density at radius 3 is 2.62 bits per heavy atom. The molecule has 0 aromatic heterocycles. The van der Waals surface area contributed by atoms with Crippen molar-refractivity contribution in [2.75, 3.05) is 5.32 Å². The molecule has 0 unspecified atom stereocenters. The zero-order valence-electron chi connectivity index (χ0n) is 9.71. The topological polar surface area (TPSA) is 62.4 Å². The van der Waals surface area contributed by atoms with Crippen LogP contribution in [0.4, 0.5) is 5.69 Å². The van der Waals surface area contributed by atoms with Crippen molar-refractivity contribution in [3.63, 3.8) is 0 Å². The highest BCUT2D eigenvalue weighted by atomic mass is 79.9. The second kappa shape index (κ2) is 5.86. The highest BCUT2D eigenvalue weighted by Crippen LogP contribution is 2.20. The molecule has 88 valence electrons. The van der Waals surface area contributed by atoms with Gasteiger partial charge in [0.1, 0.15) is 0 Å². The number of hydrazine groups is 1. The molecule has 0 amide bonds. The van der Waals surface area contributed by atoms with Crippen molar-refractivity contribution >= 4 is 27.6 Å². The van der Waals surface area contributed by atoms with E-state index >= 15 is 0 Å². The van der Waals surface area contributed by atoms with E-state index in [1.54, 1.807) is 0 Å². The Hall–Kier alpha value is -1.07. The first kappa shape index (κ1) is 13.0. The van der Waals surface area contributed by atoms with Gasteiger partial charge in [0.15, 0.2) is 0 Å². The third-order valence-electron chi connectivity index (χ3n) is 1.96. The first-order valence-corrected chi connectivity index (χ1v) is 5.90. The average Bonchev–Trinajstić information content (AvgIpc) is 2.22. The van der Waals surface area contributed by atoms with E-state index < -0.39 is 0 Å². The zero-order chi connectivity index (χ0) is 12.1. The first-order chi connectivity index (χ1) is 7.52. The van der Waals surface area contributed by atoms with E-state index in [2.05, 4.69) is 31.7 Å². The number of benzene rings is 1. The maximum Gasteiger partial charge on any atom is 0.210 e. The fraction of sp³-hybridized carbons (Fsp3) is 0.364. The Labute approximate surface area is 104 Å². The summed E-state index contributed by atoms with van der Waals surface area (Å²) in [4.78, 5) is 4.30. The van der Waals surface area contributed by atoms with Crippen LogP contribution in [0, 0.1) is 6.92 Å². The highest BCUT2D eigenvalue weighted by Gasteiger charge is 2.01. The van der Waals surface area contributed by atoms with Crippen molar-refractivity contribution in [1.29, 1.82) is 0 Å². The number of rotatable bonds is 2. The summed E-state index contributed by atoms with van der Waals surface area (Å²) < 4.78 is 1.05. The second-order valence-electron chi connectivity index (χ2n) is 3.80. The van der Waals surface area contributed by atoms with Gasteiger partial charge in [-0.15, -0.1) is 0 Å². The van der Waals surface area contributed by atoms with E-state index in [-0.39, 0.29) is 6.04 Å². The molecule has 0 aliphatic carbocycles. The molecule has 5 heteroatoms. The largest absolute Gasteiger partial charge is 0.325 e. The number of halogens is 1. The van der Waals surface area contributed by atoms with Gasteiger partial charge in [-0.25, -0.2) is 10.8 Å². The average molecular weight is 285 g/mol. The van der Waals surface area contributed by atoms with Crippen molar-refractivity contribution < 1.29 is 0 Å². The van der Waals surface area contributed by atoms with Crippen molar-refractivity contribution in [3.05, 3.63) is 28.2 Å². The van der Waals surface area contributed by atoms with Gasteiger partial charge in [0.2, 0.25) is 5.96 Å². The second-order valence-corrected chi connectivity index (χ2v) is 4.66. The molecule has 0 aliphatic heterocycles. The summed E-state index contributed by atoms with van der Waals surface area (Å²) in [5.74, 6) is 5.94. The number of nitrogens with one attached hydrogen (secondary N) is 2. The van der Waals surface area contributed by atoms with Crippen LogP contribution < -0.4 is 16.6 Å². The number of nitrogens with two attached hydrogens (primary N) is 1. The molecule has 4 nitrogen and oxygen atoms in total. The minimum atomic E-state index is 0.187. The molecule has 0 saturated heterocycles. The molecule has 4 N–H and O–H groups in total. The van der Waals surface area contributed by atoms with E-state index in [4.69, 9.17) is 5.84 Å². The molecule has 0 radical (unpaired) electrons. The standard InChI is InChI=1S/C11H17BrN4/c1-7(2)14-11(16-13)15-9-5-4-8(3)10(12)6-9/h4-7H,13H2,1-3H3,(H2,14,15,16). The molecule has 0 bridgehead atoms. The molecule has 1 aromatic carbocycles. The van der Waals surface area contributed by atoms with Gasteiger partial charge in [-0.1, -0.05) is 22.0 Å². The summed E-state index contributed by atoms with van der Waals surface area (Å²) >= 11 is 3.48. The number of aliphatic imine (C=N–C) groups is 1. The summed E-state index contributed by atoms with van der Waals surface area (Å²) in [5, 5.41) is 3.11. The maximum atomic E-state index is 5.38. The normalized spacial score (nSPS) is 11.8. The molecule has 1 aromatic rings. The van der Waals surface area contributed by atoms with Crippen LogP contribution in [0.15, 0.2) is 27.7 Å². The lowest BCUT2D eigenvalue weighted by molar-refractivity contribution is 0.819. The minimum absolute atomic E-state index is 0.187. The van der Waals surface area contributed by atoms with E-state index in [1.165, 1.54) is 5.56 Å². The van der Waals surface area contributed by atoms with E-state index in [0.29, 0.717) is 5.96 Å². The third-order valence-corrected chi connectivity index (χ3v) is 2.81. The summed E-state index contributed by atoms with van der Waals surface area (Å²) in [5.41, 5.74) is 4.67. The molecule has 0 fully saturated rings. The molecule has 0 saturated carbocycles. The monoisotopic (exact) mass is 284 g/mol. The van der Waals surface area contributed by atoms with Crippen molar-refractivity contribution in [1.82, 2.24) is 5.43 Å². The van der Waals surface area contributed by atoms with Gasteiger partial charge in [-0.05, 0) is 38.5 Å². The van der Waals surface area contributed by atoms with Gasteiger partial charge in [0.25, 0.3) is 0 Å². The molecule has 16 heavy (non-hydrogen) atoms. The third kappa shape index (κ3) is 3.83. The van der Waals surface area contributed by atoms with Gasteiger partial charge in [-0.2, -0.15) is 0 Å². The smallest absolute Gasteiger partial charge is 0.210 e. The Bertz CT molecular complexity index is 388. The fourth-order valence-corrected chi connectivity index (χ4v) is 1.55. The fourth-order valence-electron chi connectivity index (χ4n) is 1.17. The van der Waals surface area contributed by atoms with Crippen LogP contribution in [0.25, 0.3) is 0 Å².